The molecule has 0 saturated carbocycles. The molecule has 1 aromatic heterocycles. The summed E-state index contributed by atoms with van der Waals surface area (Å²) < 4.78 is 13.1. The van der Waals surface area contributed by atoms with E-state index >= 15 is 0 Å². The van der Waals surface area contributed by atoms with Crippen molar-refractivity contribution in [2.45, 2.75) is 25.7 Å². The van der Waals surface area contributed by atoms with Gasteiger partial charge in [-0.1, -0.05) is 0 Å². The van der Waals surface area contributed by atoms with Crippen LogP contribution in [0.25, 0.3) is 10.9 Å². The molecule has 1 aliphatic heterocycles. The highest BCUT2D eigenvalue weighted by Gasteiger charge is 2.17. The molecule has 110 valence electrons. The first-order chi connectivity index (χ1) is 10.1. The van der Waals surface area contributed by atoms with Gasteiger partial charge in [-0.3, -0.25) is 9.59 Å². The van der Waals surface area contributed by atoms with Gasteiger partial charge < -0.3 is 9.88 Å². The number of fused-ring (bicyclic) bond motifs is 1. The number of benzene rings is 1. The molecule has 1 amide bonds. The topological polar surface area (TPSA) is 53.2 Å². The summed E-state index contributed by atoms with van der Waals surface area (Å²) in [7, 11) is 0. The first-order valence-electron chi connectivity index (χ1n) is 7.23. The molecule has 2 aromatic rings. The number of carbonyl (C=O) groups is 1. The zero-order valence-corrected chi connectivity index (χ0v) is 11.7. The first-order valence-corrected chi connectivity index (χ1v) is 7.23. The first kappa shape index (κ1) is 13.8. The second-order valence-electron chi connectivity index (χ2n) is 5.44. The Balaban J connectivity index is 1.77. The highest BCUT2D eigenvalue weighted by molar-refractivity contribution is 5.79. The Hall–Kier alpha value is -2.17. The van der Waals surface area contributed by atoms with Crippen molar-refractivity contribution in [3.05, 3.63) is 46.0 Å². The van der Waals surface area contributed by atoms with Gasteiger partial charge in [0.15, 0.2) is 0 Å². The Bertz CT molecular complexity index is 733. The summed E-state index contributed by atoms with van der Waals surface area (Å²) in [5.74, 6) is -0.277. The number of pyridine rings is 1. The molecule has 21 heavy (non-hydrogen) atoms. The standard InChI is InChI=1S/C16H17FN2O2/c17-13-5-3-11-9-12(16(21)18-14(11)10-13)4-6-15(20)19-7-1-2-8-19/h3,5,9-10H,1-2,4,6-8H2,(H,18,21). The maximum absolute atomic E-state index is 13.1. The number of amides is 1. The molecule has 1 saturated heterocycles. The lowest BCUT2D eigenvalue weighted by atomic mass is 10.1. The lowest BCUT2D eigenvalue weighted by Crippen LogP contribution is -2.28. The molecule has 1 fully saturated rings. The van der Waals surface area contributed by atoms with Gasteiger partial charge in [0, 0.05) is 25.1 Å². The zero-order valence-electron chi connectivity index (χ0n) is 11.7. The van der Waals surface area contributed by atoms with Crippen LogP contribution in [0.15, 0.2) is 29.1 Å². The summed E-state index contributed by atoms with van der Waals surface area (Å²) in [6, 6.07) is 6.03. The molecular weight excluding hydrogens is 271 g/mol. The largest absolute Gasteiger partial charge is 0.343 e. The summed E-state index contributed by atoms with van der Waals surface area (Å²) in [6.45, 7) is 1.65. The average molecular weight is 288 g/mol. The number of nitrogens with zero attached hydrogens (tertiary/aromatic N) is 1. The van der Waals surface area contributed by atoms with E-state index in [9.17, 15) is 14.0 Å². The van der Waals surface area contributed by atoms with Gasteiger partial charge in [0.1, 0.15) is 5.82 Å². The van der Waals surface area contributed by atoms with Crippen molar-refractivity contribution in [2.24, 2.45) is 0 Å². The van der Waals surface area contributed by atoms with Crippen LogP contribution < -0.4 is 5.56 Å². The number of halogens is 1. The van der Waals surface area contributed by atoms with E-state index in [4.69, 9.17) is 0 Å². The zero-order chi connectivity index (χ0) is 14.8. The van der Waals surface area contributed by atoms with Gasteiger partial charge in [0.2, 0.25) is 5.91 Å². The van der Waals surface area contributed by atoms with Gasteiger partial charge in [-0.15, -0.1) is 0 Å². The number of nitrogens with one attached hydrogen (secondary N) is 1. The summed E-state index contributed by atoms with van der Waals surface area (Å²) in [4.78, 5) is 28.5. The Kier molecular flexibility index (Phi) is 3.73. The number of hydrogen-bond acceptors (Lipinski definition) is 2. The molecule has 5 heteroatoms. The normalized spacial score (nSPS) is 14.8. The minimum absolute atomic E-state index is 0.103. The Labute approximate surface area is 121 Å². The molecule has 3 rings (SSSR count). The lowest BCUT2D eigenvalue weighted by molar-refractivity contribution is -0.130. The predicted octanol–water partition coefficient (Wildman–Crippen LogP) is 2.22. The van der Waals surface area contributed by atoms with Crippen LogP contribution in [0.1, 0.15) is 24.8 Å². The third-order valence-electron chi connectivity index (χ3n) is 3.95. The van der Waals surface area contributed by atoms with Gasteiger partial charge in [0.25, 0.3) is 5.56 Å². The van der Waals surface area contributed by atoms with Crippen LogP contribution in [0.4, 0.5) is 4.39 Å². The van der Waals surface area contributed by atoms with E-state index in [1.165, 1.54) is 12.1 Å². The molecule has 0 spiro atoms. The molecular formula is C16H17FN2O2. The molecule has 1 aliphatic rings. The van der Waals surface area contributed by atoms with E-state index < -0.39 is 0 Å². The Morgan fingerprint density at radius 1 is 1.24 bits per heavy atom. The second-order valence-corrected chi connectivity index (χ2v) is 5.44. The molecule has 4 nitrogen and oxygen atoms in total. The van der Waals surface area contributed by atoms with E-state index in [-0.39, 0.29) is 17.3 Å². The summed E-state index contributed by atoms with van der Waals surface area (Å²) in [5.41, 5.74) is 0.804. The smallest absolute Gasteiger partial charge is 0.251 e. The third-order valence-corrected chi connectivity index (χ3v) is 3.95. The Morgan fingerprint density at radius 2 is 2.00 bits per heavy atom. The molecule has 0 aliphatic carbocycles. The Morgan fingerprint density at radius 3 is 2.76 bits per heavy atom. The maximum Gasteiger partial charge on any atom is 0.251 e. The summed E-state index contributed by atoms with van der Waals surface area (Å²) >= 11 is 0. The SMILES string of the molecule is O=C(CCc1cc2ccc(F)cc2[nH]c1=O)N1CCCC1. The van der Waals surface area contributed by atoms with Crippen molar-refractivity contribution in [1.29, 1.82) is 0 Å². The second kappa shape index (κ2) is 5.68. The fourth-order valence-corrected chi connectivity index (χ4v) is 2.77. The lowest BCUT2D eigenvalue weighted by Gasteiger charge is -2.14. The van der Waals surface area contributed by atoms with E-state index in [1.807, 2.05) is 4.90 Å². The van der Waals surface area contributed by atoms with Crippen LogP contribution in [0.5, 0.6) is 0 Å². The number of hydrogen-bond donors (Lipinski definition) is 1. The molecule has 0 atom stereocenters. The van der Waals surface area contributed by atoms with Crippen molar-refractivity contribution < 1.29 is 9.18 Å². The van der Waals surface area contributed by atoms with Crippen LogP contribution >= 0.6 is 0 Å². The quantitative estimate of drug-likeness (QED) is 0.941. The van der Waals surface area contributed by atoms with Gasteiger partial charge in [-0.25, -0.2) is 4.39 Å². The van der Waals surface area contributed by atoms with Crippen LogP contribution in [0, 0.1) is 5.82 Å². The summed E-state index contributed by atoms with van der Waals surface area (Å²) in [6.07, 6.45) is 2.88. The number of aryl methyl sites for hydroxylation is 1. The van der Waals surface area contributed by atoms with E-state index in [1.54, 1.807) is 12.1 Å². The van der Waals surface area contributed by atoms with E-state index in [0.29, 0.717) is 23.9 Å². The average Bonchev–Trinajstić information content (AvgIpc) is 2.99. The van der Waals surface area contributed by atoms with Gasteiger partial charge in [-0.2, -0.15) is 0 Å². The van der Waals surface area contributed by atoms with Crippen molar-refractivity contribution in [3.63, 3.8) is 0 Å². The molecule has 1 N–H and O–H groups in total. The van der Waals surface area contributed by atoms with Crippen LogP contribution in [-0.4, -0.2) is 28.9 Å². The highest BCUT2D eigenvalue weighted by atomic mass is 19.1. The fourth-order valence-electron chi connectivity index (χ4n) is 2.77. The number of likely N-dealkylation sites (tertiary alicyclic amines) is 1. The highest BCUT2D eigenvalue weighted by Crippen LogP contribution is 2.14. The molecule has 0 radical (unpaired) electrons. The van der Waals surface area contributed by atoms with Crippen LogP contribution in [0.2, 0.25) is 0 Å². The van der Waals surface area contributed by atoms with Gasteiger partial charge in [0.05, 0.1) is 5.52 Å². The molecule has 0 unspecified atom stereocenters. The van der Waals surface area contributed by atoms with Crippen molar-refractivity contribution in [1.82, 2.24) is 9.88 Å². The number of carbonyl (C=O) groups excluding carboxylic acids is 1. The van der Waals surface area contributed by atoms with Crippen LogP contribution in [0.3, 0.4) is 0 Å². The molecule has 2 heterocycles. The fraction of sp³-hybridized carbons (Fsp3) is 0.375. The van der Waals surface area contributed by atoms with Crippen molar-refractivity contribution in [3.8, 4) is 0 Å². The van der Waals surface area contributed by atoms with Crippen LogP contribution in [-0.2, 0) is 11.2 Å². The monoisotopic (exact) mass is 288 g/mol. The van der Waals surface area contributed by atoms with Gasteiger partial charge in [-0.05, 0) is 48.9 Å². The molecule has 1 aromatic carbocycles. The maximum atomic E-state index is 13.1. The number of H-pyrrole nitrogens is 1. The predicted molar refractivity (Wildman–Crippen MR) is 78.7 cm³/mol. The van der Waals surface area contributed by atoms with Gasteiger partial charge >= 0.3 is 0 Å². The molecule has 0 bridgehead atoms. The minimum atomic E-state index is -0.380. The number of aromatic amines is 1. The van der Waals surface area contributed by atoms with E-state index in [0.717, 1.165) is 31.3 Å². The minimum Gasteiger partial charge on any atom is -0.343 e. The van der Waals surface area contributed by atoms with E-state index in [2.05, 4.69) is 4.98 Å². The third kappa shape index (κ3) is 2.96. The van der Waals surface area contributed by atoms with Crippen molar-refractivity contribution in [2.75, 3.05) is 13.1 Å². The van der Waals surface area contributed by atoms with Crippen molar-refractivity contribution >= 4 is 16.8 Å². The number of rotatable bonds is 3. The summed E-state index contributed by atoms with van der Waals surface area (Å²) in [5, 5.41) is 0.777. The number of aromatic nitrogens is 1.